The zero-order chi connectivity index (χ0) is 13.3. The van der Waals surface area contributed by atoms with Gasteiger partial charge < -0.3 is 10.4 Å². The second-order valence-electron chi connectivity index (χ2n) is 4.66. The summed E-state index contributed by atoms with van der Waals surface area (Å²) >= 11 is 0. The average molecular weight is 273 g/mol. The van der Waals surface area contributed by atoms with E-state index in [2.05, 4.69) is 5.32 Å². The van der Waals surface area contributed by atoms with E-state index in [9.17, 15) is 17.9 Å². The van der Waals surface area contributed by atoms with E-state index in [1.54, 1.807) is 0 Å². The first-order valence-corrected chi connectivity index (χ1v) is 7.72. The molecule has 1 saturated heterocycles. The van der Waals surface area contributed by atoms with Crippen LogP contribution >= 0.6 is 0 Å². The molecule has 1 unspecified atom stereocenters. The summed E-state index contributed by atoms with van der Waals surface area (Å²) in [5.41, 5.74) is 0.479. The molecule has 1 heterocycles. The second kappa shape index (κ2) is 4.85. The van der Waals surface area contributed by atoms with Gasteiger partial charge in [0.05, 0.1) is 0 Å². The van der Waals surface area contributed by atoms with Gasteiger partial charge in [-0.15, -0.1) is 0 Å². The first-order valence-electron chi connectivity index (χ1n) is 5.83. The van der Waals surface area contributed by atoms with Gasteiger partial charge in [-0.1, -0.05) is 0 Å². The van der Waals surface area contributed by atoms with Crippen molar-refractivity contribution in [3.05, 3.63) is 23.5 Å². The number of sulfone groups is 1. The Hall–Kier alpha value is -1.14. The Bertz CT molecular complexity index is 551. The van der Waals surface area contributed by atoms with E-state index in [0.29, 0.717) is 12.1 Å². The molecule has 1 aromatic carbocycles. The van der Waals surface area contributed by atoms with Crippen LogP contribution in [0.1, 0.15) is 24.3 Å². The Morgan fingerprint density at radius 2 is 2.17 bits per heavy atom. The highest BCUT2D eigenvalue weighted by molar-refractivity contribution is 7.90. The second-order valence-corrected chi connectivity index (χ2v) is 6.64. The summed E-state index contributed by atoms with van der Waals surface area (Å²) in [7, 11) is -3.65. The van der Waals surface area contributed by atoms with Gasteiger partial charge in [-0.2, -0.15) is 0 Å². The molecular weight excluding hydrogens is 257 g/mol. The molecule has 2 N–H and O–H groups in total. The van der Waals surface area contributed by atoms with Gasteiger partial charge in [-0.25, -0.2) is 12.8 Å². The monoisotopic (exact) mass is 273 g/mol. The molecule has 0 radical (unpaired) electrons. The van der Waals surface area contributed by atoms with Crippen molar-refractivity contribution < 1.29 is 17.9 Å². The fraction of sp³-hybridized carbons (Fsp3) is 0.500. The molecule has 0 amide bonds. The number of hydrogen-bond acceptors (Lipinski definition) is 4. The molecule has 0 aromatic heterocycles. The van der Waals surface area contributed by atoms with E-state index in [1.807, 2.05) is 0 Å². The van der Waals surface area contributed by atoms with Crippen LogP contribution in [0.4, 0.5) is 4.39 Å². The van der Waals surface area contributed by atoms with Crippen LogP contribution < -0.4 is 5.32 Å². The van der Waals surface area contributed by atoms with Gasteiger partial charge in [0.1, 0.15) is 16.5 Å². The van der Waals surface area contributed by atoms with Crippen LogP contribution in [0.2, 0.25) is 0 Å². The van der Waals surface area contributed by atoms with Crippen molar-refractivity contribution in [2.24, 2.45) is 0 Å². The summed E-state index contributed by atoms with van der Waals surface area (Å²) < 4.78 is 36.4. The van der Waals surface area contributed by atoms with Crippen molar-refractivity contribution in [2.75, 3.05) is 19.3 Å². The Labute approximate surface area is 106 Å². The summed E-state index contributed by atoms with van der Waals surface area (Å²) in [4.78, 5) is -0.451. The summed E-state index contributed by atoms with van der Waals surface area (Å²) in [5.74, 6) is -0.914. The van der Waals surface area contributed by atoms with Crippen LogP contribution in [-0.4, -0.2) is 32.9 Å². The molecule has 0 saturated carbocycles. The van der Waals surface area contributed by atoms with Gasteiger partial charge in [0.2, 0.25) is 0 Å². The molecule has 0 spiro atoms. The zero-order valence-corrected chi connectivity index (χ0v) is 10.9. The Morgan fingerprint density at radius 3 is 2.72 bits per heavy atom. The Kier molecular flexibility index (Phi) is 3.59. The number of phenolic OH excluding ortho intramolecular Hbond substituents is 1. The number of aromatic hydroxyl groups is 1. The highest BCUT2D eigenvalue weighted by Gasteiger charge is 2.23. The predicted molar refractivity (Wildman–Crippen MR) is 66.0 cm³/mol. The maximum Gasteiger partial charge on any atom is 0.178 e. The third-order valence-electron chi connectivity index (χ3n) is 3.22. The topological polar surface area (TPSA) is 66.4 Å². The molecule has 1 aliphatic heterocycles. The normalized spacial score (nSPS) is 20.9. The number of rotatable bonds is 2. The molecule has 6 heteroatoms. The molecule has 1 aliphatic rings. The summed E-state index contributed by atoms with van der Waals surface area (Å²) in [6, 6.07) is 2.15. The van der Waals surface area contributed by atoms with Crippen molar-refractivity contribution in [1.82, 2.24) is 5.32 Å². The maximum absolute atomic E-state index is 13.8. The number of hydrogen-bond donors (Lipinski definition) is 2. The van der Waals surface area contributed by atoms with Gasteiger partial charge in [-0.05, 0) is 25.5 Å². The average Bonchev–Trinajstić information content (AvgIpc) is 2.31. The van der Waals surface area contributed by atoms with Crippen LogP contribution in [0.5, 0.6) is 5.75 Å². The minimum absolute atomic E-state index is 0.0295. The fourth-order valence-corrected chi connectivity index (χ4v) is 3.03. The predicted octanol–water partition coefficient (Wildman–Crippen LogP) is 1.40. The van der Waals surface area contributed by atoms with Gasteiger partial charge in [0, 0.05) is 30.3 Å². The van der Waals surface area contributed by atoms with E-state index in [-0.39, 0.29) is 11.7 Å². The van der Waals surface area contributed by atoms with E-state index in [1.165, 1.54) is 0 Å². The Morgan fingerprint density at radius 1 is 1.44 bits per heavy atom. The standard InChI is InChI=1S/C12H16FNO3S/c1-18(16,17)12-6-11(15)9(5-10(12)13)8-3-2-4-14-7-8/h5-6,8,14-15H,2-4,7H2,1H3. The van der Waals surface area contributed by atoms with Crippen LogP contribution in [-0.2, 0) is 9.84 Å². The van der Waals surface area contributed by atoms with Gasteiger partial charge in [-0.3, -0.25) is 0 Å². The zero-order valence-electron chi connectivity index (χ0n) is 10.1. The molecule has 1 fully saturated rings. The van der Waals surface area contributed by atoms with Crippen molar-refractivity contribution in [3.8, 4) is 5.75 Å². The van der Waals surface area contributed by atoms with Gasteiger partial charge in [0.15, 0.2) is 9.84 Å². The van der Waals surface area contributed by atoms with Crippen LogP contribution in [0.3, 0.4) is 0 Å². The smallest absolute Gasteiger partial charge is 0.178 e. The van der Waals surface area contributed by atoms with Crippen molar-refractivity contribution in [1.29, 1.82) is 0 Å². The first-order chi connectivity index (χ1) is 8.39. The highest BCUT2D eigenvalue weighted by Crippen LogP contribution is 2.33. The quantitative estimate of drug-likeness (QED) is 0.855. The molecule has 1 atom stereocenters. The number of nitrogens with one attached hydrogen (secondary N) is 1. The lowest BCUT2D eigenvalue weighted by Gasteiger charge is -2.24. The summed E-state index contributed by atoms with van der Waals surface area (Å²) in [6.07, 6.45) is 2.74. The lowest BCUT2D eigenvalue weighted by Crippen LogP contribution is -2.28. The Balaban J connectivity index is 2.42. The molecule has 18 heavy (non-hydrogen) atoms. The maximum atomic E-state index is 13.8. The van der Waals surface area contributed by atoms with E-state index >= 15 is 0 Å². The van der Waals surface area contributed by atoms with Crippen molar-refractivity contribution in [2.45, 2.75) is 23.7 Å². The molecule has 2 rings (SSSR count). The third-order valence-corrected chi connectivity index (χ3v) is 4.33. The molecule has 4 nitrogen and oxygen atoms in total. The fourth-order valence-electron chi connectivity index (χ4n) is 2.29. The molecular formula is C12H16FNO3S. The van der Waals surface area contributed by atoms with E-state index in [0.717, 1.165) is 37.8 Å². The number of halogens is 1. The van der Waals surface area contributed by atoms with Crippen molar-refractivity contribution in [3.63, 3.8) is 0 Å². The molecule has 0 aliphatic carbocycles. The number of piperidine rings is 1. The molecule has 100 valence electrons. The third kappa shape index (κ3) is 2.64. The van der Waals surface area contributed by atoms with Crippen molar-refractivity contribution >= 4 is 9.84 Å². The summed E-state index contributed by atoms with van der Waals surface area (Å²) in [5, 5.41) is 13.0. The van der Waals surface area contributed by atoms with E-state index < -0.39 is 20.5 Å². The molecule has 0 bridgehead atoms. The largest absolute Gasteiger partial charge is 0.508 e. The first kappa shape index (κ1) is 13.3. The number of benzene rings is 1. The molecule has 1 aromatic rings. The summed E-state index contributed by atoms with van der Waals surface area (Å²) in [6.45, 7) is 1.59. The number of phenols is 1. The highest BCUT2D eigenvalue weighted by atomic mass is 32.2. The van der Waals surface area contributed by atoms with Gasteiger partial charge >= 0.3 is 0 Å². The van der Waals surface area contributed by atoms with Crippen LogP contribution in [0.25, 0.3) is 0 Å². The van der Waals surface area contributed by atoms with Crippen LogP contribution in [0.15, 0.2) is 17.0 Å². The lowest BCUT2D eigenvalue weighted by molar-refractivity contribution is 0.420. The van der Waals surface area contributed by atoms with Gasteiger partial charge in [0.25, 0.3) is 0 Å². The minimum atomic E-state index is -3.65. The minimum Gasteiger partial charge on any atom is -0.508 e. The lowest BCUT2D eigenvalue weighted by atomic mass is 9.91. The SMILES string of the molecule is CS(=O)(=O)c1cc(O)c(C2CCCNC2)cc1F. The van der Waals surface area contributed by atoms with Crippen LogP contribution in [0, 0.1) is 5.82 Å². The van der Waals surface area contributed by atoms with E-state index in [4.69, 9.17) is 0 Å².